The SMILES string of the molecule is CC[C@H](NC(=O)[C@@H](Cc1cc(=O)[nH]c2ccccc12)NC(=O)c1ccc(Cl)cc1)C(=O)O. The van der Waals surface area contributed by atoms with Crippen molar-refractivity contribution in [1.82, 2.24) is 15.6 Å². The van der Waals surface area contributed by atoms with E-state index in [0.29, 0.717) is 16.1 Å². The number of benzene rings is 2. The van der Waals surface area contributed by atoms with Crippen LogP contribution in [0.4, 0.5) is 0 Å². The van der Waals surface area contributed by atoms with Crippen molar-refractivity contribution in [2.45, 2.75) is 31.8 Å². The fourth-order valence-corrected chi connectivity index (χ4v) is 3.45. The van der Waals surface area contributed by atoms with E-state index in [4.69, 9.17) is 11.6 Å². The first-order chi connectivity index (χ1) is 15.3. The zero-order chi connectivity index (χ0) is 23.3. The number of rotatable bonds is 8. The normalized spacial score (nSPS) is 12.7. The highest BCUT2D eigenvalue weighted by molar-refractivity contribution is 6.30. The number of carbonyl (C=O) groups excluding carboxylic acids is 2. The third kappa shape index (κ3) is 5.53. The van der Waals surface area contributed by atoms with Crippen molar-refractivity contribution < 1.29 is 19.5 Å². The van der Waals surface area contributed by atoms with Crippen LogP contribution in [-0.4, -0.2) is 40.0 Å². The summed E-state index contributed by atoms with van der Waals surface area (Å²) in [6.45, 7) is 1.63. The van der Waals surface area contributed by atoms with Crippen LogP contribution < -0.4 is 16.2 Å². The van der Waals surface area contributed by atoms with Gasteiger partial charge in [0, 0.05) is 34.0 Å². The van der Waals surface area contributed by atoms with Crippen molar-refractivity contribution in [3.8, 4) is 0 Å². The summed E-state index contributed by atoms with van der Waals surface area (Å²) in [6.07, 6.45) is 0.165. The largest absolute Gasteiger partial charge is 0.480 e. The fraction of sp³-hybridized carbons (Fsp3) is 0.217. The molecule has 32 heavy (non-hydrogen) atoms. The first kappa shape index (κ1) is 23.0. The molecule has 1 aromatic heterocycles. The highest BCUT2D eigenvalue weighted by atomic mass is 35.5. The molecule has 2 atom stereocenters. The molecule has 3 aromatic rings. The molecule has 0 spiro atoms. The molecule has 0 saturated heterocycles. The number of nitrogens with one attached hydrogen (secondary N) is 3. The van der Waals surface area contributed by atoms with Gasteiger partial charge in [-0.1, -0.05) is 36.7 Å². The number of amides is 2. The third-order valence-electron chi connectivity index (χ3n) is 5.01. The molecule has 2 amide bonds. The summed E-state index contributed by atoms with van der Waals surface area (Å²) in [5, 5.41) is 15.6. The highest BCUT2D eigenvalue weighted by Gasteiger charge is 2.27. The van der Waals surface area contributed by atoms with Gasteiger partial charge in [-0.3, -0.25) is 14.4 Å². The predicted octanol–water partition coefficient (Wildman–Crippen LogP) is 2.50. The van der Waals surface area contributed by atoms with E-state index in [1.807, 2.05) is 0 Å². The molecule has 0 fully saturated rings. The molecule has 3 rings (SSSR count). The van der Waals surface area contributed by atoms with Gasteiger partial charge in [0.15, 0.2) is 0 Å². The van der Waals surface area contributed by atoms with E-state index in [1.54, 1.807) is 43.3 Å². The lowest BCUT2D eigenvalue weighted by atomic mass is 10.00. The summed E-state index contributed by atoms with van der Waals surface area (Å²) in [5.41, 5.74) is 1.08. The van der Waals surface area contributed by atoms with Gasteiger partial charge in [0.2, 0.25) is 11.5 Å². The molecule has 166 valence electrons. The van der Waals surface area contributed by atoms with Gasteiger partial charge in [0.25, 0.3) is 5.91 Å². The number of para-hydroxylation sites is 1. The van der Waals surface area contributed by atoms with Crippen LogP contribution in [0.3, 0.4) is 0 Å². The van der Waals surface area contributed by atoms with Crippen LogP contribution >= 0.6 is 11.6 Å². The number of fused-ring (bicyclic) bond motifs is 1. The quantitative estimate of drug-likeness (QED) is 0.415. The van der Waals surface area contributed by atoms with E-state index in [1.165, 1.54) is 18.2 Å². The number of halogens is 1. The second kappa shape index (κ2) is 10.1. The highest BCUT2D eigenvalue weighted by Crippen LogP contribution is 2.17. The van der Waals surface area contributed by atoms with Crippen molar-refractivity contribution in [3.63, 3.8) is 0 Å². The van der Waals surface area contributed by atoms with E-state index in [9.17, 15) is 24.3 Å². The zero-order valence-corrected chi connectivity index (χ0v) is 18.0. The van der Waals surface area contributed by atoms with Crippen LogP contribution in [0.5, 0.6) is 0 Å². The molecule has 0 radical (unpaired) electrons. The molecule has 2 aromatic carbocycles. The molecular formula is C23H22ClN3O5. The minimum atomic E-state index is -1.18. The van der Waals surface area contributed by atoms with Gasteiger partial charge in [-0.05, 0) is 42.3 Å². The van der Waals surface area contributed by atoms with Gasteiger partial charge in [0.05, 0.1) is 0 Å². The van der Waals surface area contributed by atoms with Crippen molar-refractivity contribution >= 4 is 40.3 Å². The van der Waals surface area contributed by atoms with E-state index in [2.05, 4.69) is 15.6 Å². The van der Waals surface area contributed by atoms with Crippen LogP contribution in [0.15, 0.2) is 59.4 Å². The Morgan fingerprint density at radius 2 is 1.72 bits per heavy atom. The van der Waals surface area contributed by atoms with Gasteiger partial charge >= 0.3 is 5.97 Å². The summed E-state index contributed by atoms with van der Waals surface area (Å²) in [7, 11) is 0. The van der Waals surface area contributed by atoms with E-state index in [-0.39, 0.29) is 24.0 Å². The standard InChI is InChI=1S/C23H22ClN3O5/c1-2-17(23(31)32)26-22(30)19(27-21(29)13-7-9-15(24)10-8-13)11-14-12-20(28)25-18-6-4-3-5-16(14)18/h3-10,12,17,19H,2,11H2,1H3,(H,25,28)(H,26,30)(H,27,29)(H,31,32)/t17-,19+/m0/s1. The number of carboxylic acids is 1. The number of H-pyrrole nitrogens is 1. The smallest absolute Gasteiger partial charge is 0.326 e. The van der Waals surface area contributed by atoms with Crippen molar-refractivity contribution in [1.29, 1.82) is 0 Å². The van der Waals surface area contributed by atoms with Crippen molar-refractivity contribution in [3.05, 3.63) is 81.1 Å². The lowest BCUT2D eigenvalue weighted by molar-refractivity contribution is -0.142. The Morgan fingerprint density at radius 3 is 2.38 bits per heavy atom. The summed E-state index contributed by atoms with van der Waals surface area (Å²) < 4.78 is 0. The van der Waals surface area contributed by atoms with Crippen molar-refractivity contribution in [2.75, 3.05) is 0 Å². The van der Waals surface area contributed by atoms with Gasteiger partial charge in [0.1, 0.15) is 12.1 Å². The average Bonchev–Trinajstić information content (AvgIpc) is 2.76. The minimum absolute atomic E-state index is 0.00828. The molecule has 0 aliphatic rings. The monoisotopic (exact) mass is 455 g/mol. The molecule has 1 heterocycles. The van der Waals surface area contributed by atoms with Crippen LogP contribution in [0.25, 0.3) is 10.9 Å². The molecule has 0 unspecified atom stereocenters. The minimum Gasteiger partial charge on any atom is -0.480 e. The van der Waals surface area contributed by atoms with Crippen LogP contribution in [0, 0.1) is 0 Å². The number of hydrogen-bond acceptors (Lipinski definition) is 4. The number of aromatic nitrogens is 1. The lowest BCUT2D eigenvalue weighted by Crippen LogP contribution is -2.52. The Bertz CT molecular complexity index is 1210. The van der Waals surface area contributed by atoms with E-state index < -0.39 is 29.9 Å². The first-order valence-electron chi connectivity index (χ1n) is 9.99. The second-order valence-electron chi connectivity index (χ2n) is 7.25. The molecule has 0 bridgehead atoms. The van der Waals surface area contributed by atoms with Gasteiger partial charge in [-0.15, -0.1) is 0 Å². The summed E-state index contributed by atoms with van der Waals surface area (Å²) in [6, 6.07) is 12.4. The maximum Gasteiger partial charge on any atom is 0.326 e. The number of aliphatic carboxylic acids is 1. The summed E-state index contributed by atoms with van der Waals surface area (Å²) in [4.78, 5) is 51.9. The number of hydrogen-bond donors (Lipinski definition) is 4. The van der Waals surface area contributed by atoms with Crippen LogP contribution in [-0.2, 0) is 16.0 Å². The maximum absolute atomic E-state index is 13.0. The Labute approximate surface area is 188 Å². The van der Waals surface area contributed by atoms with Crippen LogP contribution in [0.1, 0.15) is 29.3 Å². The zero-order valence-electron chi connectivity index (χ0n) is 17.2. The van der Waals surface area contributed by atoms with Crippen molar-refractivity contribution in [2.24, 2.45) is 0 Å². The molecule has 8 nitrogen and oxygen atoms in total. The Morgan fingerprint density at radius 1 is 1.03 bits per heavy atom. The fourth-order valence-electron chi connectivity index (χ4n) is 3.33. The Kier molecular flexibility index (Phi) is 7.27. The summed E-state index contributed by atoms with van der Waals surface area (Å²) >= 11 is 5.87. The molecule has 0 aliphatic heterocycles. The number of carboxylic acid groups (broad SMARTS) is 1. The third-order valence-corrected chi connectivity index (χ3v) is 5.26. The Balaban J connectivity index is 1.94. The molecule has 9 heteroatoms. The second-order valence-corrected chi connectivity index (χ2v) is 7.69. The molecule has 0 saturated carbocycles. The number of carbonyl (C=O) groups is 3. The number of pyridine rings is 1. The molecule has 4 N–H and O–H groups in total. The topological polar surface area (TPSA) is 128 Å². The van der Waals surface area contributed by atoms with Crippen LogP contribution in [0.2, 0.25) is 5.02 Å². The maximum atomic E-state index is 13.0. The van der Waals surface area contributed by atoms with Gasteiger partial charge in [-0.2, -0.15) is 0 Å². The molecular weight excluding hydrogens is 434 g/mol. The molecule has 0 aliphatic carbocycles. The van der Waals surface area contributed by atoms with E-state index in [0.717, 1.165) is 5.39 Å². The first-order valence-corrected chi connectivity index (χ1v) is 10.4. The van der Waals surface area contributed by atoms with Gasteiger partial charge < -0.3 is 20.7 Å². The average molecular weight is 456 g/mol. The van der Waals surface area contributed by atoms with Gasteiger partial charge in [-0.25, -0.2) is 4.79 Å². The van der Waals surface area contributed by atoms with E-state index >= 15 is 0 Å². The lowest BCUT2D eigenvalue weighted by Gasteiger charge is -2.21. The summed E-state index contributed by atoms with van der Waals surface area (Å²) in [5.74, 6) is -2.37. The predicted molar refractivity (Wildman–Crippen MR) is 121 cm³/mol. The number of aromatic amines is 1. The Hall–Kier alpha value is -3.65.